The van der Waals surface area contributed by atoms with Crippen molar-refractivity contribution in [2.24, 2.45) is 0 Å². The lowest BCUT2D eigenvalue weighted by Crippen LogP contribution is -2.29. The summed E-state index contributed by atoms with van der Waals surface area (Å²) in [5, 5.41) is 11.7. The maximum atomic E-state index is 13.5. The fourth-order valence-corrected chi connectivity index (χ4v) is 5.46. The number of anilines is 1. The van der Waals surface area contributed by atoms with E-state index >= 15 is 0 Å². The summed E-state index contributed by atoms with van der Waals surface area (Å²) in [6.07, 6.45) is 0.854. The molecule has 2 heterocycles. The van der Waals surface area contributed by atoms with E-state index < -0.39 is 17.7 Å². The number of Topliss-reactive ketones (excluding diaryl/α,β-unsaturated/α-hetero) is 1. The Morgan fingerprint density at radius 2 is 1.70 bits per heavy atom. The van der Waals surface area contributed by atoms with Crippen LogP contribution in [0.2, 0.25) is 0 Å². The van der Waals surface area contributed by atoms with Crippen LogP contribution in [0.1, 0.15) is 36.6 Å². The second-order valence-corrected chi connectivity index (χ2v) is 9.56. The molecule has 188 valence electrons. The highest BCUT2D eigenvalue weighted by Crippen LogP contribution is 2.44. The van der Waals surface area contributed by atoms with E-state index in [1.807, 2.05) is 49.4 Å². The number of hydrogen-bond acceptors (Lipinski definition) is 7. The first-order valence-electron chi connectivity index (χ1n) is 12.0. The van der Waals surface area contributed by atoms with Gasteiger partial charge in [-0.25, -0.2) is 4.98 Å². The highest BCUT2D eigenvalue weighted by molar-refractivity contribution is 7.22. The Labute approximate surface area is 218 Å². The van der Waals surface area contributed by atoms with Crippen molar-refractivity contribution < 1.29 is 24.2 Å². The molecule has 1 fully saturated rings. The smallest absolute Gasteiger partial charge is 0.301 e. The molecule has 0 saturated carbocycles. The number of ether oxygens (including phenoxy) is 2. The van der Waals surface area contributed by atoms with Crippen molar-refractivity contribution >= 4 is 44.1 Å². The number of hydrogen-bond donors (Lipinski definition) is 1. The number of carbonyl (C=O) groups is 2. The molecule has 7 nitrogen and oxygen atoms in total. The van der Waals surface area contributed by atoms with E-state index in [4.69, 9.17) is 9.47 Å². The molecule has 0 aliphatic carbocycles. The maximum absolute atomic E-state index is 13.5. The van der Waals surface area contributed by atoms with Crippen LogP contribution in [0, 0.1) is 0 Å². The summed E-state index contributed by atoms with van der Waals surface area (Å²) in [5.41, 5.74) is 2.97. The zero-order valence-corrected chi connectivity index (χ0v) is 21.5. The molecule has 0 bridgehead atoms. The fourth-order valence-electron chi connectivity index (χ4n) is 4.44. The molecule has 3 aromatic carbocycles. The van der Waals surface area contributed by atoms with Crippen LogP contribution >= 0.6 is 11.3 Å². The van der Waals surface area contributed by atoms with Gasteiger partial charge in [-0.2, -0.15) is 0 Å². The molecule has 1 unspecified atom stereocenters. The zero-order chi connectivity index (χ0) is 26.1. The van der Waals surface area contributed by atoms with E-state index in [1.165, 1.54) is 16.2 Å². The van der Waals surface area contributed by atoms with E-state index in [2.05, 4.69) is 11.9 Å². The summed E-state index contributed by atoms with van der Waals surface area (Å²) in [7, 11) is 1.55. The molecule has 1 aliphatic heterocycles. The molecule has 5 rings (SSSR count). The molecule has 1 aliphatic rings. The van der Waals surface area contributed by atoms with Crippen molar-refractivity contribution in [3.63, 3.8) is 0 Å². The molecule has 1 atom stereocenters. The Morgan fingerprint density at radius 1 is 1.00 bits per heavy atom. The summed E-state index contributed by atoms with van der Waals surface area (Å²) >= 11 is 1.30. The highest BCUT2D eigenvalue weighted by Gasteiger charge is 2.48. The Hall–Kier alpha value is -4.17. The number of aryl methyl sites for hydroxylation is 1. The zero-order valence-electron chi connectivity index (χ0n) is 20.7. The predicted molar refractivity (Wildman–Crippen MR) is 144 cm³/mol. The number of carbonyl (C=O) groups excluding carboxylic acids is 2. The van der Waals surface area contributed by atoms with Gasteiger partial charge in [-0.15, -0.1) is 0 Å². The quantitative estimate of drug-likeness (QED) is 0.188. The highest BCUT2D eigenvalue weighted by atomic mass is 32.1. The summed E-state index contributed by atoms with van der Waals surface area (Å²) in [6.45, 7) is 4.50. The van der Waals surface area contributed by atoms with Crippen molar-refractivity contribution in [1.82, 2.24) is 4.98 Å². The third-order valence-corrected chi connectivity index (χ3v) is 7.39. The van der Waals surface area contributed by atoms with E-state index in [-0.39, 0.29) is 11.3 Å². The van der Waals surface area contributed by atoms with Gasteiger partial charge in [-0.05, 0) is 66.9 Å². The lowest BCUT2D eigenvalue weighted by Gasteiger charge is -2.23. The topological polar surface area (TPSA) is 89.0 Å². The number of amides is 1. The maximum Gasteiger partial charge on any atom is 0.301 e. The van der Waals surface area contributed by atoms with Gasteiger partial charge < -0.3 is 14.6 Å². The third kappa shape index (κ3) is 4.44. The minimum Gasteiger partial charge on any atom is -0.507 e. The Bertz CT molecular complexity index is 1510. The number of rotatable bonds is 7. The molecule has 8 heteroatoms. The van der Waals surface area contributed by atoms with Crippen molar-refractivity contribution in [3.8, 4) is 11.5 Å². The Morgan fingerprint density at radius 3 is 2.35 bits per heavy atom. The number of aliphatic hydroxyl groups excluding tert-OH is 1. The predicted octanol–water partition coefficient (Wildman–Crippen LogP) is 5.89. The average Bonchev–Trinajstić information content (AvgIpc) is 3.46. The molecular formula is C29H26N2O5S. The molecule has 0 radical (unpaired) electrons. The number of aliphatic hydroxyl groups is 1. The van der Waals surface area contributed by atoms with Crippen molar-refractivity contribution in [1.29, 1.82) is 0 Å². The number of fused-ring (bicyclic) bond motifs is 1. The van der Waals surface area contributed by atoms with Gasteiger partial charge in [-0.3, -0.25) is 14.5 Å². The first-order chi connectivity index (χ1) is 17.9. The average molecular weight is 515 g/mol. The SMILES string of the molecule is CCOc1ccc2nc(N3C(=O)C(=O)/C(=C(/O)c4ccc(OC)cc4)C3c3ccc(CC)cc3)sc2c1. The Balaban J connectivity index is 1.67. The molecule has 1 saturated heterocycles. The van der Waals surface area contributed by atoms with Crippen molar-refractivity contribution in [3.05, 3.63) is 89.0 Å². The van der Waals surface area contributed by atoms with Gasteiger partial charge in [0.25, 0.3) is 5.78 Å². The van der Waals surface area contributed by atoms with Gasteiger partial charge in [0.2, 0.25) is 0 Å². The van der Waals surface area contributed by atoms with Gasteiger partial charge >= 0.3 is 5.91 Å². The summed E-state index contributed by atoms with van der Waals surface area (Å²) in [5.74, 6) is -0.410. The normalized spacial score (nSPS) is 16.9. The molecule has 37 heavy (non-hydrogen) atoms. The van der Waals surface area contributed by atoms with Crippen LogP contribution in [0.25, 0.3) is 16.0 Å². The number of methoxy groups -OCH3 is 1. The van der Waals surface area contributed by atoms with Crippen LogP contribution in [-0.4, -0.2) is 35.5 Å². The molecule has 1 N–H and O–H groups in total. The number of ketones is 1. The van der Waals surface area contributed by atoms with Crippen LogP contribution in [0.4, 0.5) is 5.13 Å². The van der Waals surface area contributed by atoms with Crippen LogP contribution in [-0.2, 0) is 16.0 Å². The number of aromatic nitrogens is 1. The molecule has 4 aromatic rings. The van der Waals surface area contributed by atoms with Crippen LogP contribution in [0.15, 0.2) is 72.3 Å². The first-order valence-corrected chi connectivity index (χ1v) is 12.8. The number of thiazole rings is 1. The van der Waals surface area contributed by atoms with Gasteiger partial charge in [-0.1, -0.05) is 42.5 Å². The monoisotopic (exact) mass is 514 g/mol. The van der Waals surface area contributed by atoms with Crippen molar-refractivity contribution in [2.75, 3.05) is 18.6 Å². The summed E-state index contributed by atoms with van der Waals surface area (Å²) in [4.78, 5) is 32.9. The standard InChI is InChI=1S/C29H26N2O5S/c1-4-17-6-8-18(9-7-17)25-24(26(32)19-10-12-20(35-3)13-11-19)27(33)28(34)31(25)29-30-22-15-14-21(36-5-2)16-23(22)37-29/h6-16,25,32H,4-5H2,1-3H3/b26-24+. The van der Waals surface area contributed by atoms with Crippen LogP contribution < -0.4 is 14.4 Å². The minimum atomic E-state index is -0.833. The number of nitrogens with zero attached hydrogens (tertiary/aromatic N) is 2. The second-order valence-electron chi connectivity index (χ2n) is 8.55. The minimum absolute atomic E-state index is 0.0219. The van der Waals surface area contributed by atoms with Gasteiger partial charge in [0.1, 0.15) is 17.3 Å². The van der Waals surface area contributed by atoms with Gasteiger partial charge in [0.05, 0.1) is 35.5 Å². The van der Waals surface area contributed by atoms with E-state index in [0.29, 0.717) is 39.9 Å². The summed E-state index contributed by atoms with van der Waals surface area (Å²) in [6, 6.07) is 19.1. The third-order valence-electron chi connectivity index (χ3n) is 6.38. The van der Waals surface area contributed by atoms with E-state index in [9.17, 15) is 14.7 Å². The van der Waals surface area contributed by atoms with E-state index in [0.717, 1.165) is 16.7 Å². The number of benzene rings is 3. The largest absolute Gasteiger partial charge is 0.507 e. The molecular weight excluding hydrogens is 488 g/mol. The Kier molecular flexibility index (Phi) is 6.67. The van der Waals surface area contributed by atoms with Crippen molar-refractivity contribution in [2.45, 2.75) is 26.3 Å². The van der Waals surface area contributed by atoms with Gasteiger partial charge in [0.15, 0.2) is 5.13 Å². The van der Waals surface area contributed by atoms with Crippen LogP contribution in [0.3, 0.4) is 0 Å². The first kappa shape index (κ1) is 24.5. The fraction of sp³-hybridized carbons (Fsp3) is 0.207. The second kappa shape index (κ2) is 10.1. The molecule has 0 spiro atoms. The van der Waals surface area contributed by atoms with Crippen LogP contribution in [0.5, 0.6) is 11.5 Å². The molecule has 1 amide bonds. The summed E-state index contributed by atoms with van der Waals surface area (Å²) < 4.78 is 11.6. The van der Waals surface area contributed by atoms with E-state index in [1.54, 1.807) is 31.4 Å². The lowest BCUT2D eigenvalue weighted by atomic mass is 9.94. The lowest BCUT2D eigenvalue weighted by molar-refractivity contribution is -0.132. The van der Waals surface area contributed by atoms with Gasteiger partial charge in [0, 0.05) is 5.56 Å². The molecule has 1 aromatic heterocycles.